The predicted molar refractivity (Wildman–Crippen MR) is 77.9 cm³/mol. The van der Waals surface area contributed by atoms with Crippen molar-refractivity contribution in [3.05, 3.63) is 0 Å². The van der Waals surface area contributed by atoms with E-state index in [2.05, 4.69) is 5.32 Å². The molecule has 0 radical (unpaired) electrons. The van der Waals surface area contributed by atoms with Crippen LogP contribution < -0.4 is 5.32 Å². The number of amides is 2. The van der Waals surface area contributed by atoms with Crippen LogP contribution in [0.4, 0.5) is 4.79 Å². The molecule has 120 valence electrons. The molecule has 2 rings (SSSR count). The fraction of sp³-hybridized carbons (Fsp3) is 0.867. The number of carbonyl (C=O) groups is 2. The summed E-state index contributed by atoms with van der Waals surface area (Å²) in [6, 6.07) is -1.11. The SMILES string of the molecule is CN(CC1CC(O)C1)C(=O)NC(C(=O)O)C1CCCCC1. The van der Waals surface area contributed by atoms with Crippen molar-refractivity contribution < 1.29 is 19.8 Å². The summed E-state index contributed by atoms with van der Waals surface area (Å²) in [5.74, 6) is -0.574. The predicted octanol–water partition coefficient (Wildman–Crippen LogP) is 1.43. The molecule has 3 N–H and O–H groups in total. The average molecular weight is 298 g/mol. The highest BCUT2D eigenvalue weighted by atomic mass is 16.4. The first-order chi connectivity index (χ1) is 9.97. The molecule has 21 heavy (non-hydrogen) atoms. The molecule has 0 bridgehead atoms. The van der Waals surface area contributed by atoms with Gasteiger partial charge in [-0.25, -0.2) is 9.59 Å². The summed E-state index contributed by atoms with van der Waals surface area (Å²) in [5, 5.41) is 21.3. The Morgan fingerprint density at radius 3 is 2.38 bits per heavy atom. The molecule has 0 saturated heterocycles. The van der Waals surface area contributed by atoms with Crippen molar-refractivity contribution in [1.82, 2.24) is 10.2 Å². The molecule has 2 amide bonds. The minimum absolute atomic E-state index is 0.0409. The minimum atomic E-state index is -0.942. The van der Waals surface area contributed by atoms with Crippen molar-refractivity contribution >= 4 is 12.0 Å². The molecular weight excluding hydrogens is 272 g/mol. The standard InChI is InChI=1S/C15H26N2O4/c1-17(9-10-7-12(18)8-10)15(21)16-13(14(19)20)11-5-3-2-4-6-11/h10-13,18H,2-9H2,1H3,(H,16,21)(H,19,20). The molecule has 0 heterocycles. The zero-order valence-corrected chi connectivity index (χ0v) is 12.6. The van der Waals surface area contributed by atoms with E-state index in [1.165, 1.54) is 4.90 Å². The van der Waals surface area contributed by atoms with Gasteiger partial charge in [0.2, 0.25) is 0 Å². The number of carbonyl (C=O) groups excluding carboxylic acids is 1. The third-order valence-electron chi connectivity index (χ3n) is 4.76. The van der Waals surface area contributed by atoms with E-state index in [1.54, 1.807) is 7.05 Å². The quantitative estimate of drug-likeness (QED) is 0.716. The molecular formula is C15H26N2O4. The van der Waals surface area contributed by atoms with Crippen LogP contribution in [0.15, 0.2) is 0 Å². The number of urea groups is 1. The van der Waals surface area contributed by atoms with Crippen LogP contribution in [0.2, 0.25) is 0 Å². The average Bonchev–Trinajstić information content (AvgIpc) is 2.43. The van der Waals surface area contributed by atoms with Crippen molar-refractivity contribution in [2.24, 2.45) is 11.8 Å². The Kier molecular flexibility index (Phi) is 5.45. The van der Waals surface area contributed by atoms with Gasteiger partial charge in [-0.15, -0.1) is 0 Å². The lowest BCUT2D eigenvalue weighted by Crippen LogP contribution is -2.52. The van der Waals surface area contributed by atoms with Gasteiger partial charge in [-0.2, -0.15) is 0 Å². The normalized spacial score (nSPS) is 27.5. The fourth-order valence-electron chi connectivity index (χ4n) is 3.41. The zero-order valence-electron chi connectivity index (χ0n) is 12.6. The van der Waals surface area contributed by atoms with Gasteiger partial charge in [0.1, 0.15) is 6.04 Å². The van der Waals surface area contributed by atoms with Crippen molar-refractivity contribution in [3.8, 4) is 0 Å². The Balaban J connectivity index is 1.83. The molecule has 0 aromatic rings. The second-order valence-corrected chi connectivity index (χ2v) is 6.54. The van der Waals surface area contributed by atoms with Crippen LogP contribution in [-0.2, 0) is 4.79 Å². The van der Waals surface area contributed by atoms with Crippen LogP contribution in [-0.4, -0.2) is 52.9 Å². The van der Waals surface area contributed by atoms with E-state index in [1.807, 2.05) is 0 Å². The van der Waals surface area contributed by atoms with Gasteiger partial charge in [-0.1, -0.05) is 19.3 Å². The minimum Gasteiger partial charge on any atom is -0.480 e. The molecule has 1 atom stereocenters. The fourth-order valence-corrected chi connectivity index (χ4v) is 3.41. The summed E-state index contributed by atoms with van der Waals surface area (Å²) in [4.78, 5) is 25.1. The number of hydrogen-bond acceptors (Lipinski definition) is 3. The zero-order chi connectivity index (χ0) is 15.4. The van der Waals surface area contributed by atoms with Gasteiger partial charge < -0.3 is 20.4 Å². The second kappa shape index (κ2) is 7.11. The number of rotatable bonds is 5. The van der Waals surface area contributed by atoms with Crippen molar-refractivity contribution in [2.75, 3.05) is 13.6 Å². The number of aliphatic hydroxyl groups excluding tert-OH is 1. The Bertz CT molecular complexity index is 376. The van der Waals surface area contributed by atoms with Gasteiger partial charge in [0.15, 0.2) is 0 Å². The summed E-state index contributed by atoms with van der Waals surface area (Å²) in [6.45, 7) is 0.569. The third-order valence-corrected chi connectivity index (χ3v) is 4.76. The molecule has 6 heteroatoms. The van der Waals surface area contributed by atoms with E-state index < -0.39 is 12.0 Å². The monoisotopic (exact) mass is 298 g/mol. The number of aliphatic hydroxyl groups is 1. The number of nitrogens with one attached hydrogen (secondary N) is 1. The highest BCUT2D eigenvalue weighted by Crippen LogP contribution is 2.28. The number of hydrogen-bond donors (Lipinski definition) is 3. The molecule has 2 aliphatic rings. The maximum Gasteiger partial charge on any atom is 0.326 e. The van der Waals surface area contributed by atoms with Gasteiger partial charge in [0.05, 0.1) is 6.10 Å². The summed E-state index contributed by atoms with van der Waals surface area (Å²) < 4.78 is 0. The maximum atomic E-state index is 12.1. The molecule has 0 aromatic carbocycles. The van der Waals surface area contributed by atoms with Crippen LogP contribution in [0.3, 0.4) is 0 Å². The molecule has 1 unspecified atom stereocenters. The van der Waals surface area contributed by atoms with Gasteiger partial charge in [0.25, 0.3) is 0 Å². The highest BCUT2D eigenvalue weighted by molar-refractivity contribution is 5.82. The Labute approximate surface area is 125 Å². The lowest BCUT2D eigenvalue weighted by Gasteiger charge is -2.35. The van der Waals surface area contributed by atoms with Gasteiger partial charge >= 0.3 is 12.0 Å². The van der Waals surface area contributed by atoms with Crippen LogP contribution in [0, 0.1) is 11.8 Å². The first-order valence-corrected chi connectivity index (χ1v) is 7.90. The van der Waals surface area contributed by atoms with Gasteiger partial charge in [-0.3, -0.25) is 0 Å². The summed E-state index contributed by atoms with van der Waals surface area (Å²) in [5.41, 5.74) is 0. The Morgan fingerprint density at radius 2 is 1.86 bits per heavy atom. The smallest absolute Gasteiger partial charge is 0.326 e. The van der Waals surface area contributed by atoms with E-state index in [0.29, 0.717) is 12.5 Å². The molecule has 2 fully saturated rings. The Hall–Kier alpha value is -1.30. The summed E-state index contributed by atoms with van der Waals surface area (Å²) in [7, 11) is 1.68. The maximum absolute atomic E-state index is 12.1. The number of aliphatic carboxylic acids is 1. The van der Waals surface area contributed by atoms with Crippen LogP contribution >= 0.6 is 0 Å². The van der Waals surface area contributed by atoms with E-state index in [4.69, 9.17) is 0 Å². The molecule has 6 nitrogen and oxygen atoms in total. The highest BCUT2D eigenvalue weighted by Gasteiger charge is 2.33. The molecule has 2 aliphatic carbocycles. The van der Waals surface area contributed by atoms with E-state index in [0.717, 1.165) is 44.9 Å². The first kappa shape index (κ1) is 16.1. The second-order valence-electron chi connectivity index (χ2n) is 6.54. The number of carboxylic acids is 1. The molecule has 2 saturated carbocycles. The lowest BCUT2D eigenvalue weighted by atomic mass is 9.82. The molecule has 0 spiro atoms. The van der Waals surface area contributed by atoms with Crippen molar-refractivity contribution in [2.45, 2.75) is 57.1 Å². The topological polar surface area (TPSA) is 89.9 Å². The number of carboxylic acid groups (broad SMARTS) is 1. The summed E-state index contributed by atoms with van der Waals surface area (Å²) in [6.07, 6.45) is 6.19. The molecule has 0 aromatic heterocycles. The van der Waals surface area contributed by atoms with Gasteiger partial charge in [0, 0.05) is 13.6 Å². The van der Waals surface area contributed by atoms with E-state index in [9.17, 15) is 19.8 Å². The number of nitrogens with zero attached hydrogens (tertiary/aromatic N) is 1. The van der Waals surface area contributed by atoms with Crippen LogP contribution in [0.5, 0.6) is 0 Å². The molecule has 0 aliphatic heterocycles. The van der Waals surface area contributed by atoms with Crippen LogP contribution in [0.25, 0.3) is 0 Å². The van der Waals surface area contributed by atoms with Gasteiger partial charge in [-0.05, 0) is 37.5 Å². The van der Waals surface area contributed by atoms with E-state index >= 15 is 0 Å². The van der Waals surface area contributed by atoms with E-state index in [-0.39, 0.29) is 18.1 Å². The van der Waals surface area contributed by atoms with Crippen molar-refractivity contribution in [1.29, 1.82) is 0 Å². The van der Waals surface area contributed by atoms with Crippen LogP contribution in [0.1, 0.15) is 44.9 Å². The Morgan fingerprint density at radius 1 is 1.24 bits per heavy atom. The first-order valence-electron chi connectivity index (χ1n) is 7.90. The lowest BCUT2D eigenvalue weighted by molar-refractivity contribution is -0.141. The largest absolute Gasteiger partial charge is 0.480 e. The summed E-state index contributed by atoms with van der Waals surface area (Å²) >= 11 is 0. The van der Waals surface area contributed by atoms with Crippen molar-refractivity contribution in [3.63, 3.8) is 0 Å². The third kappa shape index (κ3) is 4.33.